The van der Waals surface area contributed by atoms with Crippen LogP contribution in [-0.2, 0) is 4.79 Å². The summed E-state index contributed by atoms with van der Waals surface area (Å²) in [4.78, 5) is 10.4. The predicted octanol–water partition coefficient (Wildman–Crippen LogP) is 2.18. The van der Waals surface area contributed by atoms with Crippen molar-refractivity contribution in [3.8, 4) is 0 Å². The molecular formula is C9H15NO. The summed E-state index contributed by atoms with van der Waals surface area (Å²) in [5, 5.41) is 7.03. The Hall–Kier alpha value is -0.660. The van der Waals surface area contributed by atoms with Crippen LogP contribution in [0.1, 0.15) is 38.5 Å². The van der Waals surface area contributed by atoms with E-state index in [1.165, 1.54) is 19.1 Å². The normalized spacial score (nSPS) is 21.5. The lowest BCUT2D eigenvalue weighted by Gasteiger charge is -2.23. The van der Waals surface area contributed by atoms with E-state index in [0.29, 0.717) is 6.42 Å². The zero-order valence-electron chi connectivity index (χ0n) is 6.81. The monoisotopic (exact) mass is 153 g/mol. The molecule has 1 rings (SSSR count). The molecule has 0 bridgehead atoms. The number of hydrogen-bond acceptors (Lipinski definition) is 2. The first-order valence-electron chi connectivity index (χ1n) is 4.26. The SMILES string of the molecule is N=CCC1(CC=O)CCCC1. The fourth-order valence-corrected chi connectivity index (χ4v) is 2.01. The third kappa shape index (κ3) is 1.88. The van der Waals surface area contributed by atoms with Crippen molar-refractivity contribution in [1.82, 2.24) is 0 Å². The molecule has 2 heteroatoms. The van der Waals surface area contributed by atoms with Gasteiger partial charge >= 0.3 is 0 Å². The lowest BCUT2D eigenvalue weighted by molar-refractivity contribution is -0.109. The second kappa shape index (κ2) is 3.65. The van der Waals surface area contributed by atoms with Gasteiger partial charge in [0.15, 0.2) is 0 Å². The summed E-state index contributed by atoms with van der Waals surface area (Å²) in [7, 11) is 0. The molecule has 1 saturated carbocycles. The largest absolute Gasteiger partial charge is 0.313 e. The van der Waals surface area contributed by atoms with Gasteiger partial charge in [0.2, 0.25) is 0 Å². The smallest absolute Gasteiger partial charge is 0.120 e. The number of carbonyl (C=O) groups excluding carboxylic acids is 1. The van der Waals surface area contributed by atoms with Gasteiger partial charge < -0.3 is 10.2 Å². The molecule has 1 fully saturated rings. The lowest BCUT2D eigenvalue weighted by atomic mass is 9.80. The first-order chi connectivity index (χ1) is 5.33. The predicted molar refractivity (Wildman–Crippen MR) is 45.0 cm³/mol. The molecule has 0 aromatic carbocycles. The Morgan fingerprint density at radius 2 is 1.91 bits per heavy atom. The molecule has 1 aliphatic carbocycles. The molecule has 0 amide bonds. The van der Waals surface area contributed by atoms with E-state index in [2.05, 4.69) is 0 Å². The highest BCUT2D eigenvalue weighted by Crippen LogP contribution is 2.42. The van der Waals surface area contributed by atoms with Crippen LogP contribution in [0.5, 0.6) is 0 Å². The molecule has 0 spiro atoms. The van der Waals surface area contributed by atoms with Crippen LogP contribution in [0.15, 0.2) is 0 Å². The molecule has 0 aromatic heterocycles. The van der Waals surface area contributed by atoms with Crippen molar-refractivity contribution >= 4 is 12.5 Å². The van der Waals surface area contributed by atoms with Crippen LogP contribution in [0.4, 0.5) is 0 Å². The van der Waals surface area contributed by atoms with E-state index < -0.39 is 0 Å². The van der Waals surface area contributed by atoms with Gasteiger partial charge in [-0.05, 0) is 30.9 Å². The molecule has 0 heterocycles. The Kier molecular flexibility index (Phi) is 2.80. The molecule has 0 atom stereocenters. The van der Waals surface area contributed by atoms with Gasteiger partial charge in [-0.3, -0.25) is 0 Å². The average Bonchev–Trinajstić information content (AvgIpc) is 2.39. The number of nitrogens with one attached hydrogen (secondary N) is 1. The number of hydrogen-bond donors (Lipinski definition) is 1. The number of aldehydes is 1. The minimum Gasteiger partial charge on any atom is -0.313 e. The van der Waals surface area contributed by atoms with Crippen molar-refractivity contribution < 1.29 is 4.79 Å². The Balaban J connectivity index is 2.53. The molecule has 62 valence electrons. The van der Waals surface area contributed by atoms with Gasteiger partial charge in [-0.15, -0.1) is 0 Å². The second-order valence-corrected chi connectivity index (χ2v) is 3.49. The highest BCUT2D eigenvalue weighted by Gasteiger charge is 2.31. The van der Waals surface area contributed by atoms with E-state index in [9.17, 15) is 4.79 Å². The highest BCUT2D eigenvalue weighted by molar-refractivity contribution is 5.57. The Morgan fingerprint density at radius 3 is 2.36 bits per heavy atom. The molecule has 1 aliphatic rings. The van der Waals surface area contributed by atoms with Gasteiger partial charge in [0, 0.05) is 6.42 Å². The minimum atomic E-state index is 0.184. The Morgan fingerprint density at radius 1 is 1.27 bits per heavy atom. The summed E-state index contributed by atoms with van der Waals surface area (Å²) in [5.74, 6) is 0. The maximum Gasteiger partial charge on any atom is 0.120 e. The van der Waals surface area contributed by atoms with Crippen LogP contribution in [0.2, 0.25) is 0 Å². The first-order valence-corrected chi connectivity index (χ1v) is 4.26. The van der Waals surface area contributed by atoms with E-state index in [1.807, 2.05) is 0 Å². The third-order valence-electron chi connectivity index (χ3n) is 2.72. The quantitative estimate of drug-likeness (QED) is 0.488. The highest BCUT2D eigenvalue weighted by atomic mass is 16.1. The maximum absolute atomic E-state index is 10.4. The van der Waals surface area contributed by atoms with Crippen molar-refractivity contribution in [2.75, 3.05) is 0 Å². The second-order valence-electron chi connectivity index (χ2n) is 3.49. The van der Waals surface area contributed by atoms with Crippen molar-refractivity contribution in [2.24, 2.45) is 5.41 Å². The average molecular weight is 153 g/mol. The first kappa shape index (κ1) is 8.44. The zero-order chi connectivity index (χ0) is 8.16. The summed E-state index contributed by atoms with van der Waals surface area (Å²) in [6, 6.07) is 0. The molecule has 0 radical (unpaired) electrons. The van der Waals surface area contributed by atoms with Crippen LogP contribution < -0.4 is 0 Å². The molecule has 0 unspecified atom stereocenters. The fraction of sp³-hybridized carbons (Fsp3) is 0.778. The summed E-state index contributed by atoms with van der Waals surface area (Å²) in [6.07, 6.45) is 8.67. The van der Waals surface area contributed by atoms with Gasteiger partial charge in [0.1, 0.15) is 6.29 Å². The van der Waals surface area contributed by atoms with Crippen LogP contribution >= 0.6 is 0 Å². The zero-order valence-corrected chi connectivity index (χ0v) is 6.81. The Bertz CT molecular complexity index is 136. The molecule has 0 aromatic rings. The van der Waals surface area contributed by atoms with Crippen molar-refractivity contribution in [2.45, 2.75) is 38.5 Å². The van der Waals surface area contributed by atoms with E-state index in [4.69, 9.17) is 5.41 Å². The van der Waals surface area contributed by atoms with Crippen LogP contribution in [0, 0.1) is 10.8 Å². The summed E-state index contributed by atoms with van der Waals surface area (Å²) in [5.41, 5.74) is 0.184. The summed E-state index contributed by atoms with van der Waals surface area (Å²) >= 11 is 0. The van der Waals surface area contributed by atoms with E-state index >= 15 is 0 Å². The van der Waals surface area contributed by atoms with Crippen molar-refractivity contribution in [1.29, 1.82) is 5.41 Å². The Labute approximate surface area is 67.5 Å². The standard InChI is InChI=1S/C9H15NO/c10-7-5-9(6-8-11)3-1-2-4-9/h7-8,10H,1-6H2. The topological polar surface area (TPSA) is 40.9 Å². The number of rotatable bonds is 4. The molecule has 11 heavy (non-hydrogen) atoms. The van der Waals surface area contributed by atoms with E-state index in [0.717, 1.165) is 25.5 Å². The fourth-order valence-electron chi connectivity index (χ4n) is 2.01. The van der Waals surface area contributed by atoms with E-state index in [1.54, 1.807) is 0 Å². The maximum atomic E-state index is 10.4. The molecule has 2 nitrogen and oxygen atoms in total. The molecular weight excluding hydrogens is 138 g/mol. The van der Waals surface area contributed by atoms with Gasteiger partial charge in [0.25, 0.3) is 0 Å². The van der Waals surface area contributed by atoms with Crippen molar-refractivity contribution in [3.05, 3.63) is 0 Å². The molecule has 1 N–H and O–H groups in total. The summed E-state index contributed by atoms with van der Waals surface area (Å²) in [6.45, 7) is 0. The van der Waals surface area contributed by atoms with Crippen LogP contribution in [0.25, 0.3) is 0 Å². The molecule has 0 saturated heterocycles. The summed E-state index contributed by atoms with van der Waals surface area (Å²) < 4.78 is 0. The molecule has 0 aliphatic heterocycles. The van der Waals surface area contributed by atoms with Crippen molar-refractivity contribution in [3.63, 3.8) is 0 Å². The number of carbonyl (C=O) groups is 1. The van der Waals surface area contributed by atoms with Crippen LogP contribution in [-0.4, -0.2) is 12.5 Å². The van der Waals surface area contributed by atoms with Gasteiger partial charge in [-0.2, -0.15) is 0 Å². The van der Waals surface area contributed by atoms with Crippen LogP contribution in [0.3, 0.4) is 0 Å². The minimum absolute atomic E-state index is 0.184. The third-order valence-corrected chi connectivity index (χ3v) is 2.72. The van der Waals surface area contributed by atoms with Gasteiger partial charge in [-0.25, -0.2) is 0 Å². The van der Waals surface area contributed by atoms with E-state index in [-0.39, 0.29) is 5.41 Å². The van der Waals surface area contributed by atoms with Gasteiger partial charge in [0.05, 0.1) is 0 Å². The lowest BCUT2D eigenvalue weighted by Crippen LogP contribution is -2.17. The van der Waals surface area contributed by atoms with Gasteiger partial charge in [-0.1, -0.05) is 12.8 Å².